The fourth-order valence-electron chi connectivity index (χ4n) is 1.29. The van der Waals surface area contributed by atoms with Gasteiger partial charge in [0.1, 0.15) is 11.9 Å². The Balaban J connectivity index is 1.97. The minimum atomic E-state index is -2.79. The lowest BCUT2D eigenvalue weighted by Gasteiger charge is -2.26. The van der Waals surface area contributed by atoms with Crippen LogP contribution in [0.2, 0.25) is 0 Å². The number of halogens is 1. The summed E-state index contributed by atoms with van der Waals surface area (Å²) < 4.78 is 28.3. The summed E-state index contributed by atoms with van der Waals surface area (Å²) in [6.07, 6.45) is -0.153. The van der Waals surface area contributed by atoms with Gasteiger partial charge in [-0.05, 0) is 46.9 Å². The summed E-state index contributed by atoms with van der Waals surface area (Å²) in [5, 5.41) is 0. The molecule has 3 nitrogen and oxygen atoms in total. The first-order valence-electron chi connectivity index (χ1n) is 4.18. The fourth-order valence-corrected chi connectivity index (χ4v) is 2.82. The maximum Gasteiger partial charge on any atom is 0.157 e. The summed E-state index contributed by atoms with van der Waals surface area (Å²) in [7, 11) is -2.79. The van der Waals surface area contributed by atoms with E-state index in [-0.39, 0.29) is 17.6 Å². The quantitative estimate of drug-likeness (QED) is 0.774. The second-order valence-corrected chi connectivity index (χ2v) is 6.67. The number of sulfone groups is 1. The first-order valence-corrected chi connectivity index (χ1v) is 7.08. The molecule has 0 radical (unpaired) electrons. The van der Waals surface area contributed by atoms with E-state index in [1.54, 1.807) is 0 Å². The first kappa shape index (κ1) is 10.2. The van der Waals surface area contributed by atoms with E-state index in [4.69, 9.17) is 4.74 Å². The van der Waals surface area contributed by atoms with E-state index in [2.05, 4.69) is 22.6 Å². The van der Waals surface area contributed by atoms with Crippen LogP contribution >= 0.6 is 22.6 Å². The molecule has 0 saturated carbocycles. The van der Waals surface area contributed by atoms with Gasteiger partial charge in [0.2, 0.25) is 0 Å². The molecule has 76 valence electrons. The minimum Gasteiger partial charge on any atom is -0.488 e. The molecule has 1 aromatic carbocycles. The zero-order valence-corrected chi connectivity index (χ0v) is 10.3. The summed E-state index contributed by atoms with van der Waals surface area (Å²) in [5.41, 5.74) is 0. The fraction of sp³-hybridized carbons (Fsp3) is 0.333. The number of rotatable bonds is 2. The van der Waals surface area contributed by atoms with E-state index in [0.29, 0.717) is 0 Å². The molecule has 2 rings (SSSR count). The highest BCUT2D eigenvalue weighted by Gasteiger charge is 2.35. The van der Waals surface area contributed by atoms with Crippen molar-refractivity contribution < 1.29 is 13.2 Å². The van der Waals surface area contributed by atoms with Crippen molar-refractivity contribution in [3.63, 3.8) is 0 Å². The summed E-state index contributed by atoms with van der Waals surface area (Å²) in [5.74, 6) is 1.04. The Hall–Kier alpha value is -0.300. The standard InChI is InChI=1S/C9H9IO3S/c10-7-1-3-8(4-2-7)13-9-5-14(11,12)6-9/h1-4,9H,5-6H2. The van der Waals surface area contributed by atoms with Gasteiger partial charge in [0.05, 0.1) is 11.5 Å². The molecule has 0 amide bonds. The number of ether oxygens (including phenoxy) is 1. The Kier molecular flexibility index (Phi) is 2.70. The van der Waals surface area contributed by atoms with E-state index in [1.807, 2.05) is 24.3 Å². The van der Waals surface area contributed by atoms with Crippen LogP contribution < -0.4 is 4.74 Å². The lowest BCUT2D eigenvalue weighted by atomic mass is 10.3. The van der Waals surface area contributed by atoms with Crippen molar-refractivity contribution in [1.82, 2.24) is 0 Å². The Morgan fingerprint density at radius 2 is 1.79 bits per heavy atom. The van der Waals surface area contributed by atoms with Crippen molar-refractivity contribution in [2.75, 3.05) is 11.5 Å². The Labute approximate surface area is 96.5 Å². The van der Waals surface area contributed by atoms with Crippen molar-refractivity contribution in [2.24, 2.45) is 0 Å². The molecular weight excluding hydrogens is 315 g/mol. The van der Waals surface area contributed by atoms with Gasteiger partial charge in [-0.1, -0.05) is 0 Å². The maximum absolute atomic E-state index is 10.9. The highest BCUT2D eigenvalue weighted by Crippen LogP contribution is 2.20. The number of hydrogen-bond acceptors (Lipinski definition) is 3. The maximum atomic E-state index is 10.9. The zero-order chi connectivity index (χ0) is 10.2. The van der Waals surface area contributed by atoms with Crippen LogP contribution in [-0.2, 0) is 9.84 Å². The van der Waals surface area contributed by atoms with E-state index < -0.39 is 9.84 Å². The van der Waals surface area contributed by atoms with Crippen LogP contribution in [0, 0.1) is 3.57 Å². The molecule has 14 heavy (non-hydrogen) atoms. The monoisotopic (exact) mass is 324 g/mol. The second kappa shape index (κ2) is 3.69. The molecule has 1 heterocycles. The van der Waals surface area contributed by atoms with Crippen molar-refractivity contribution in [1.29, 1.82) is 0 Å². The average molecular weight is 324 g/mol. The predicted octanol–water partition coefficient (Wildman–Crippen LogP) is 1.47. The van der Waals surface area contributed by atoms with Crippen LogP contribution in [0.4, 0.5) is 0 Å². The minimum absolute atomic E-state index is 0.152. The van der Waals surface area contributed by atoms with Gasteiger partial charge < -0.3 is 4.74 Å². The van der Waals surface area contributed by atoms with Crippen molar-refractivity contribution in [3.05, 3.63) is 27.8 Å². The van der Waals surface area contributed by atoms with Crippen LogP contribution in [0.3, 0.4) is 0 Å². The molecule has 1 aliphatic rings. The van der Waals surface area contributed by atoms with E-state index in [1.165, 1.54) is 0 Å². The molecule has 0 spiro atoms. The molecule has 0 N–H and O–H groups in total. The van der Waals surface area contributed by atoms with E-state index in [9.17, 15) is 8.42 Å². The van der Waals surface area contributed by atoms with Gasteiger partial charge >= 0.3 is 0 Å². The Morgan fingerprint density at radius 3 is 2.29 bits per heavy atom. The van der Waals surface area contributed by atoms with Crippen LogP contribution in [0.25, 0.3) is 0 Å². The molecule has 0 unspecified atom stereocenters. The normalized spacial score (nSPS) is 20.1. The molecular formula is C9H9IO3S. The van der Waals surface area contributed by atoms with Gasteiger partial charge in [0, 0.05) is 3.57 Å². The van der Waals surface area contributed by atoms with Gasteiger partial charge in [-0.3, -0.25) is 0 Å². The number of hydrogen-bond donors (Lipinski definition) is 0. The van der Waals surface area contributed by atoms with Crippen LogP contribution in [0.5, 0.6) is 5.75 Å². The molecule has 0 atom stereocenters. The summed E-state index contributed by atoms with van der Waals surface area (Å²) >= 11 is 2.21. The van der Waals surface area contributed by atoms with Crippen molar-refractivity contribution in [2.45, 2.75) is 6.10 Å². The number of benzene rings is 1. The third-order valence-corrected chi connectivity index (χ3v) is 4.47. The van der Waals surface area contributed by atoms with Crippen molar-refractivity contribution >= 4 is 32.4 Å². The topological polar surface area (TPSA) is 43.4 Å². The van der Waals surface area contributed by atoms with Gasteiger partial charge in [0.15, 0.2) is 9.84 Å². The molecule has 0 aliphatic carbocycles. The van der Waals surface area contributed by atoms with Crippen LogP contribution in [-0.4, -0.2) is 26.0 Å². The lowest BCUT2D eigenvalue weighted by molar-refractivity contribution is 0.230. The largest absolute Gasteiger partial charge is 0.488 e. The molecule has 1 saturated heterocycles. The van der Waals surface area contributed by atoms with Gasteiger partial charge in [0.25, 0.3) is 0 Å². The van der Waals surface area contributed by atoms with Crippen LogP contribution in [0.1, 0.15) is 0 Å². The Morgan fingerprint density at radius 1 is 1.21 bits per heavy atom. The third kappa shape index (κ3) is 2.38. The molecule has 0 bridgehead atoms. The molecule has 1 aliphatic heterocycles. The zero-order valence-electron chi connectivity index (χ0n) is 7.31. The SMILES string of the molecule is O=S1(=O)CC(Oc2ccc(I)cc2)C1. The molecule has 1 fully saturated rings. The van der Waals surface area contributed by atoms with E-state index >= 15 is 0 Å². The van der Waals surface area contributed by atoms with Gasteiger partial charge in [-0.2, -0.15) is 0 Å². The summed E-state index contributed by atoms with van der Waals surface area (Å²) in [6, 6.07) is 7.57. The van der Waals surface area contributed by atoms with Gasteiger partial charge in [-0.25, -0.2) is 8.42 Å². The summed E-state index contributed by atoms with van der Waals surface area (Å²) in [4.78, 5) is 0. The highest BCUT2D eigenvalue weighted by molar-refractivity contribution is 14.1. The predicted molar refractivity (Wildman–Crippen MR) is 62.2 cm³/mol. The summed E-state index contributed by atoms with van der Waals surface area (Å²) in [6.45, 7) is 0. The van der Waals surface area contributed by atoms with Crippen LogP contribution in [0.15, 0.2) is 24.3 Å². The Bertz CT molecular complexity index is 412. The van der Waals surface area contributed by atoms with E-state index in [0.717, 1.165) is 9.32 Å². The van der Waals surface area contributed by atoms with Gasteiger partial charge in [-0.15, -0.1) is 0 Å². The van der Waals surface area contributed by atoms with Crippen molar-refractivity contribution in [3.8, 4) is 5.75 Å². The molecule has 5 heteroatoms. The molecule has 0 aromatic heterocycles. The highest BCUT2D eigenvalue weighted by atomic mass is 127. The second-order valence-electron chi connectivity index (χ2n) is 3.27. The average Bonchev–Trinajstić information content (AvgIpc) is 2.06. The first-order chi connectivity index (χ1) is 6.55. The third-order valence-electron chi connectivity index (χ3n) is 2.00. The molecule has 1 aromatic rings. The smallest absolute Gasteiger partial charge is 0.157 e. The lowest BCUT2D eigenvalue weighted by Crippen LogP contribution is -2.45.